The van der Waals surface area contributed by atoms with Crippen LogP contribution in [0.25, 0.3) is 0 Å². The Morgan fingerprint density at radius 2 is 2.30 bits per heavy atom. The Morgan fingerprint density at radius 3 is 3.05 bits per heavy atom. The van der Waals surface area contributed by atoms with Crippen LogP contribution < -0.4 is 11.1 Å². The summed E-state index contributed by atoms with van der Waals surface area (Å²) in [6.45, 7) is 3.20. The van der Waals surface area contributed by atoms with Crippen LogP contribution in [0.4, 0.5) is 0 Å². The highest BCUT2D eigenvalue weighted by Crippen LogP contribution is 2.27. The van der Waals surface area contributed by atoms with Gasteiger partial charge >= 0.3 is 0 Å². The van der Waals surface area contributed by atoms with E-state index in [9.17, 15) is 4.79 Å². The molecule has 0 saturated heterocycles. The predicted octanol–water partition coefficient (Wildman–Crippen LogP) is 1.93. The number of amides is 1. The van der Waals surface area contributed by atoms with Crippen molar-refractivity contribution in [3.05, 3.63) is 35.4 Å². The first-order valence-electron chi connectivity index (χ1n) is 7.46. The zero-order valence-corrected chi connectivity index (χ0v) is 12.1. The van der Waals surface area contributed by atoms with Crippen molar-refractivity contribution >= 4 is 5.91 Å². The summed E-state index contributed by atoms with van der Waals surface area (Å²) in [5.41, 5.74) is 7.92. The van der Waals surface area contributed by atoms with Crippen molar-refractivity contribution < 1.29 is 9.53 Å². The minimum absolute atomic E-state index is 0.0418. The summed E-state index contributed by atoms with van der Waals surface area (Å²) in [5.74, 6) is -0.0660. The highest BCUT2D eigenvalue weighted by atomic mass is 16.5. The third-order valence-electron chi connectivity index (χ3n) is 3.77. The van der Waals surface area contributed by atoms with Gasteiger partial charge in [-0.1, -0.05) is 44.0 Å². The predicted molar refractivity (Wildman–Crippen MR) is 79.3 cm³/mol. The summed E-state index contributed by atoms with van der Waals surface area (Å²) in [4.78, 5) is 12.4. The smallest absolute Gasteiger partial charge is 0.254 e. The zero-order chi connectivity index (χ0) is 14.4. The number of rotatable bonds is 6. The second-order valence-electron chi connectivity index (χ2n) is 5.28. The largest absolute Gasteiger partial charge is 0.363 e. The first-order valence-corrected chi connectivity index (χ1v) is 7.46. The molecule has 2 rings (SSSR count). The van der Waals surface area contributed by atoms with Crippen molar-refractivity contribution in [1.29, 1.82) is 0 Å². The molecule has 1 heterocycles. The van der Waals surface area contributed by atoms with E-state index >= 15 is 0 Å². The molecule has 1 aliphatic heterocycles. The maximum Gasteiger partial charge on any atom is 0.254 e. The van der Waals surface area contributed by atoms with Crippen molar-refractivity contribution in [2.24, 2.45) is 5.73 Å². The number of benzene rings is 1. The fraction of sp³-hybridized carbons (Fsp3) is 0.562. The standard InChI is InChI=1S/C16H24N2O2/c1-2-3-7-13(11-17)18-16(19)15-14-8-5-4-6-12(14)9-10-20-15/h4-6,8,13,15H,2-3,7,9-11,17H2,1H3,(H,18,19). The van der Waals surface area contributed by atoms with E-state index < -0.39 is 6.10 Å². The van der Waals surface area contributed by atoms with Crippen LogP contribution in [0.1, 0.15) is 43.4 Å². The molecule has 0 radical (unpaired) electrons. The molecule has 1 amide bonds. The summed E-state index contributed by atoms with van der Waals surface area (Å²) < 4.78 is 5.66. The third-order valence-corrected chi connectivity index (χ3v) is 3.77. The van der Waals surface area contributed by atoms with Gasteiger partial charge in [0.1, 0.15) is 0 Å². The van der Waals surface area contributed by atoms with Gasteiger partial charge in [0.2, 0.25) is 0 Å². The number of hydrogen-bond acceptors (Lipinski definition) is 3. The number of nitrogens with two attached hydrogens (primary N) is 1. The maximum absolute atomic E-state index is 12.4. The number of unbranched alkanes of at least 4 members (excludes halogenated alkanes) is 1. The number of carbonyl (C=O) groups excluding carboxylic acids is 1. The highest BCUT2D eigenvalue weighted by Gasteiger charge is 2.28. The Bertz CT molecular complexity index is 448. The third kappa shape index (κ3) is 3.58. The van der Waals surface area contributed by atoms with Gasteiger partial charge < -0.3 is 15.8 Å². The van der Waals surface area contributed by atoms with Crippen LogP contribution in [0.15, 0.2) is 24.3 Å². The Labute approximate surface area is 120 Å². The Kier molecular flexibility index (Phi) is 5.56. The molecule has 0 saturated carbocycles. The average molecular weight is 276 g/mol. The minimum Gasteiger partial charge on any atom is -0.363 e. The van der Waals surface area contributed by atoms with Crippen molar-refractivity contribution in [3.8, 4) is 0 Å². The molecule has 3 N–H and O–H groups in total. The molecule has 4 nitrogen and oxygen atoms in total. The fourth-order valence-electron chi connectivity index (χ4n) is 2.59. The van der Waals surface area contributed by atoms with Gasteiger partial charge in [-0.05, 0) is 24.0 Å². The molecular formula is C16H24N2O2. The first kappa shape index (κ1) is 15.0. The molecule has 0 fully saturated rings. The van der Waals surface area contributed by atoms with Crippen LogP contribution in [-0.4, -0.2) is 25.1 Å². The molecule has 110 valence electrons. The lowest BCUT2D eigenvalue weighted by molar-refractivity contribution is -0.134. The molecule has 0 spiro atoms. The van der Waals surface area contributed by atoms with Crippen molar-refractivity contribution in [1.82, 2.24) is 5.32 Å². The molecule has 1 aromatic carbocycles. The van der Waals surface area contributed by atoms with Gasteiger partial charge in [0.25, 0.3) is 5.91 Å². The monoisotopic (exact) mass is 276 g/mol. The van der Waals surface area contributed by atoms with Crippen LogP contribution in [-0.2, 0) is 16.0 Å². The minimum atomic E-state index is -0.490. The van der Waals surface area contributed by atoms with Gasteiger partial charge in [-0.25, -0.2) is 0 Å². The number of ether oxygens (including phenoxy) is 1. The van der Waals surface area contributed by atoms with Crippen LogP contribution >= 0.6 is 0 Å². The van der Waals surface area contributed by atoms with Gasteiger partial charge in [0, 0.05) is 12.6 Å². The molecule has 1 aromatic rings. The molecule has 0 aliphatic carbocycles. The fourth-order valence-corrected chi connectivity index (χ4v) is 2.59. The van der Waals surface area contributed by atoms with Gasteiger partial charge in [0.05, 0.1) is 6.61 Å². The Balaban J connectivity index is 2.03. The lowest BCUT2D eigenvalue weighted by Gasteiger charge is -2.27. The summed E-state index contributed by atoms with van der Waals surface area (Å²) in [5, 5.41) is 3.02. The van der Waals surface area contributed by atoms with E-state index in [0.717, 1.165) is 31.2 Å². The van der Waals surface area contributed by atoms with Crippen LogP contribution in [0, 0.1) is 0 Å². The summed E-state index contributed by atoms with van der Waals surface area (Å²) in [7, 11) is 0. The quantitative estimate of drug-likeness (QED) is 0.834. The average Bonchev–Trinajstić information content (AvgIpc) is 2.50. The molecule has 0 aromatic heterocycles. The van der Waals surface area contributed by atoms with Crippen LogP contribution in [0.2, 0.25) is 0 Å². The first-order chi connectivity index (χ1) is 9.76. The number of nitrogens with one attached hydrogen (secondary N) is 1. The lowest BCUT2D eigenvalue weighted by atomic mass is 9.97. The van der Waals surface area contributed by atoms with Crippen LogP contribution in [0.5, 0.6) is 0 Å². The van der Waals surface area contributed by atoms with Gasteiger partial charge in [-0.2, -0.15) is 0 Å². The molecule has 20 heavy (non-hydrogen) atoms. The number of carbonyl (C=O) groups is 1. The normalized spacial score (nSPS) is 19.2. The van der Waals surface area contributed by atoms with E-state index in [2.05, 4.69) is 18.3 Å². The van der Waals surface area contributed by atoms with Crippen molar-refractivity contribution in [2.75, 3.05) is 13.2 Å². The lowest BCUT2D eigenvalue weighted by Crippen LogP contribution is -2.43. The summed E-state index contributed by atoms with van der Waals surface area (Å²) in [6.07, 6.45) is 3.48. The molecule has 1 aliphatic rings. The molecule has 4 heteroatoms. The van der Waals surface area contributed by atoms with Gasteiger partial charge in [-0.3, -0.25) is 4.79 Å². The van der Waals surface area contributed by atoms with E-state index in [-0.39, 0.29) is 11.9 Å². The number of fused-ring (bicyclic) bond motifs is 1. The molecular weight excluding hydrogens is 252 g/mol. The maximum atomic E-state index is 12.4. The van der Waals surface area contributed by atoms with E-state index in [1.54, 1.807) is 0 Å². The topological polar surface area (TPSA) is 64.3 Å². The van der Waals surface area contributed by atoms with Crippen LogP contribution in [0.3, 0.4) is 0 Å². The second kappa shape index (κ2) is 7.41. The van der Waals surface area contributed by atoms with Gasteiger partial charge in [-0.15, -0.1) is 0 Å². The summed E-state index contributed by atoms with van der Waals surface area (Å²) >= 11 is 0. The second-order valence-corrected chi connectivity index (χ2v) is 5.28. The summed E-state index contributed by atoms with van der Waals surface area (Å²) in [6, 6.07) is 8.03. The number of hydrogen-bond donors (Lipinski definition) is 2. The molecule has 0 bridgehead atoms. The molecule has 2 atom stereocenters. The van der Waals surface area contributed by atoms with Crippen molar-refractivity contribution in [2.45, 2.75) is 44.8 Å². The van der Waals surface area contributed by atoms with Gasteiger partial charge in [0.15, 0.2) is 6.10 Å². The van der Waals surface area contributed by atoms with E-state index in [1.165, 1.54) is 5.56 Å². The molecule has 2 unspecified atom stereocenters. The Morgan fingerprint density at radius 1 is 1.50 bits per heavy atom. The van der Waals surface area contributed by atoms with E-state index in [0.29, 0.717) is 13.2 Å². The van der Waals surface area contributed by atoms with E-state index in [1.807, 2.05) is 18.2 Å². The highest BCUT2D eigenvalue weighted by molar-refractivity contribution is 5.83. The SMILES string of the molecule is CCCCC(CN)NC(=O)C1OCCc2ccccc21. The van der Waals surface area contributed by atoms with Crippen molar-refractivity contribution in [3.63, 3.8) is 0 Å². The Hall–Kier alpha value is -1.39. The zero-order valence-electron chi connectivity index (χ0n) is 12.1. The van der Waals surface area contributed by atoms with E-state index in [4.69, 9.17) is 10.5 Å².